The van der Waals surface area contributed by atoms with E-state index in [0.29, 0.717) is 31.1 Å². The van der Waals surface area contributed by atoms with Crippen molar-refractivity contribution in [1.29, 1.82) is 0 Å². The molecule has 2 aliphatic heterocycles. The summed E-state index contributed by atoms with van der Waals surface area (Å²) in [6.45, 7) is 1.14. The van der Waals surface area contributed by atoms with Gasteiger partial charge in [0.1, 0.15) is 6.61 Å². The highest BCUT2D eigenvalue weighted by Crippen LogP contribution is 2.29. The molecule has 0 bridgehead atoms. The molecule has 2 saturated heterocycles. The Kier molecular flexibility index (Phi) is 3.70. The van der Waals surface area contributed by atoms with Crippen LogP contribution in [0.3, 0.4) is 0 Å². The van der Waals surface area contributed by atoms with Crippen LogP contribution in [0.15, 0.2) is 24.3 Å². The highest BCUT2D eigenvalue weighted by atomic mass is 16.6. The van der Waals surface area contributed by atoms with Crippen LogP contribution < -0.4 is 9.80 Å². The molecule has 0 spiro atoms. The topological polar surface area (TPSA) is 76.2 Å². The van der Waals surface area contributed by atoms with E-state index >= 15 is 0 Å². The minimum Gasteiger partial charge on any atom is -0.469 e. The lowest BCUT2D eigenvalue weighted by atomic mass is 10.1. The Morgan fingerprint density at radius 3 is 2.64 bits per heavy atom. The van der Waals surface area contributed by atoms with E-state index < -0.39 is 12.0 Å². The minimum atomic E-state index is -0.446. The Labute approximate surface area is 127 Å². The smallest absolute Gasteiger partial charge is 0.414 e. The standard InChI is InChI=1S/C15H16N2O5/c1-21-14(19)10-7-13(18)17(9-10)12-4-2-3-11(8-12)16-5-6-22-15(16)20/h2-4,8,10H,5-7,9H2,1H3. The molecule has 2 aliphatic rings. The van der Waals surface area contributed by atoms with E-state index in [9.17, 15) is 14.4 Å². The van der Waals surface area contributed by atoms with Crippen LogP contribution >= 0.6 is 0 Å². The van der Waals surface area contributed by atoms with Crippen molar-refractivity contribution in [3.8, 4) is 0 Å². The summed E-state index contributed by atoms with van der Waals surface area (Å²) >= 11 is 0. The fourth-order valence-corrected chi connectivity index (χ4v) is 2.74. The summed E-state index contributed by atoms with van der Waals surface area (Å²) in [6, 6.07) is 7.09. The van der Waals surface area contributed by atoms with Gasteiger partial charge in [0, 0.05) is 24.3 Å². The zero-order chi connectivity index (χ0) is 15.7. The Morgan fingerprint density at radius 1 is 1.27 bits per heavy atom. The summed E-state index contributed by atoms with van der Waals surface area (Å²) in [5.41, 5.74) is 1.34. The van der Waals surface area contributed by atoms with Crippen molar-refractivity contribution < 1.29 is 23.9 Å². The van der Waals surface area contributed by atoms with Crippen LogP contribution in [0.5, 0.6) is 0 Å². The minimum absolute atomic E-state index is 0.128. The molecular formula is C15H16N2O5. The number of cyclic esters (lactones) is 1. The average Bonchev–Trinajstić information content (AvgIpc) is 3.12. The summed E-state index contributed by atoms with van der Waals surface area (Å²) in [5, 5.41) is 0. The lowest BCUT2D eigenvalue weighted by molar-refractivity contribution is -0.145. The third-order valence-corrected chi connectivity index (χ3v) is 3.87. The molecule has 0 N–H and O–H groups in total. The van der Waals surface area contributed by atoms with E-state index in [1.54, 1.807) is 29.2 Å². The number of hydrogen-bond donors (Lipinski definition) is 0. The number of hydrogen-bond acceptors (Lipinski definition) is 5. The molecule has 7 nitrogen and oxygen atoms in total. The maximum atomic E-state index is 12.1. The monoisotopic (exact) mass is 304 g/mol. The number of ether oxygens (including phenoxy) is 2. The van der Waals surface area contributed by atoms with Gasteiger partial charge >= 0.3 is 12.1 Å². The van der Waals surface area contributed by atoms with Gasteiger partial charge in [-0.1, -0.05) is 6.07 Å². The molecular weight excluding hydrogens is 288 g/mol. The average molecular weight is 304 g/mol. The molecule has 2 heterocycles. The number of anilines is 2. The lowest BCUT2D eigenvalue weighted by Crippen LogP contribution is -2.27. The second-order valence-corrected chi connectivity index (χ2v) is 5.21. The van der Waals surface area contributed by atoms with Gasteiger partial charge < -0.3 is 14.4 Å². The van der Waals surface area contributed by atoms with E-state index in [4.69, 9.17) is 9.47 Å². The van der Waals surface area contributed by atoms with Gasteiger partial charge in [0.05, 0.1) is 19.6 Å². The fraction of sp³-hybridized carbons (Fsp3) is 0.400. The number of esters is 1. The fourth-order valence-electron chi connectivity index (χ4n) is 2.74. The van der Waals surface area contributed by atoms with Crippen LogP contribution in [0.1, 0.15) is 6.42 Å². The Balaban J connectivity index is 1.82. The summed E-state index contributed by atoms with van der Waals surface area (Å²) in [6.07, 6.45) is -0.250. The van der Waals surface area contributed by atoms with Gasteiger partial charge in [-0.25, -0.2) is 4.79 Å². The first-order valence-corrected chi connectivity index (χ1v) is 7.02. The van der Waals surface area contributed by atoms with Crippen LogP contribution in [0.2, 0.25) is 0 Å². The van der Waals surface area contributed by atoms with Crippen LogP contribution in [0.25, 0.3) is 0 Å². The van der Waals surface area contributed by atoms with Crippen molar-refractivity contribution in [3.63, 3.8) is 0 Å². The van der Waals surface area contributed by atoms with Crippen LogP contribution in [-0.4, -0.2) is 44.8 Å². The summed E-state index contributed by atoms with van der Waals surface area (Å²) in [4.78, 5) is 38.4. The molecule has 0 aromatic heterocycles. The molecule has 1 aromatic carbocycles. The molecule has 7 heteroatoms. The summed E-state index contributed by atoms with van der Waals surface area (Å²) in [5.74, 6) is -0.954. The van der Waals surface area contributed by atoms with Crippen LogP contribution in [-0.2, 0) is 19.1 Å². The molecule has 1 aromatic rings. The second-order valence-electron chi connectivity index (χ2n) is 5.21. The van der Waals surface area contributed by atoms with Crippen LogP contribution in [0.4, 0.5) is 16.2 Å². The number of carbonyl (C=O) groups excluding carboxylic acids is 3. The zero-order valence-electron chi connectivity index (χ0n) is 12.2. The van der Waals surface area contributed by atoms with Crippen molar-refractivity contribution in [2.75, 3.05) is 36.6 Å². The molecule has 22 heavy (non-hydrogen) atoms. The van der Waals surface area contributed by atoms with E-state index in [2.05, 4.69) is 0 Å². The summed E-state index contributed by atoms with van der Waals surface area (Å²) < 4.78 is 9.61. The van der Waals surface area contributed by atoms with Crippen molar-refractivity contribution in [1.82, 2.24) is 0 Å². The molecule has 0 saturated carbocycles. The van der Waals surface area contributed by atoms with Gasteiger partial charge in [-0.3, -0.25) is 14.5 Å². The van der Waals surface area contributed by atoms with Gasteiger partial charge in [-0.2, -0.15) is 0 Å². The predicted octanol–water partition coefficient (Wildman–Crippen LogP) is 1.17. The quantitative estimate of drug-likeness (QED) is 0.784. The molecule has 0 aliphatic carbocycles. The Hall–Kier alpha value is -2.57. The SMILES string of the molecule is COC(=O)C1CC(=O)N(c2cccc(N3CCOC3=O)c2)C1. The van der Waals surface area contributed by atoms with Gasteiger partial charge in [-0.15, -0.1) is 0 Å². The number of methoxy groups -OCH3 is 1. The van der Waals surface area contributed by atoms with E-state index in [0.717, 1.165) is 0 Å². The van der Waals surface area contributed by atoms with Crippen molar-refractivity contribution >= 4 is 29.3 Å². The molecule has 0 radical (unpaired) electrons. The molecule has 116 valence electrons. The first-order chi connectivity index (χ1) is 10.6. The highest BCUT2D eigenvalue weighted by Gasteiger charge is 2.36. The number of rotatable bonds is 3. The highest BCUT2D eigenvalue weighted by molar-refractivity contribution is 6.00. The number of benzene rings is 1. The van der Waals surface area contributed by atoms with Crippen LogP contribution in [0, 0.1) is 5.92 Å². The molecule has 1 atom stereocenters. The lowest BCUT2D eigenvalue weighted by Gasteiger charge is -2.19. The van der Waals surface area contributed by atoms with Crippen molar-refractivity contribution in [2.24, 2.45) is 5.92 Å². The molecule has 2 amide bonds. The normalized spacial score (nSPS) is 21.2. The van der Waals surface area contributed by atoms with Crippen molar-refractivity contribution in [3.05, 3.63) is 24.3 Å². The first-order valence-electron chi connectivity index (χ1n) is 7.02. The second kappa shape index (κ2) is 5.67. The van der Waals surface area contributed by atoms with E-state index in [1.807, 2.05) is 0 Å². The zero-order valence-corrected chi connectivity index (χ0v) is 12.2. The Bertz CT molecular complexity index is 630. The molecule has 1 unspecified atom stereocenters. The molecule has 2 fully saturated rings. The Morgan fingerprint density at radius 2 is 2.00 bits per heavy atom. The number of carbonyl (C=O) groups is 3. The predicted molar refractivity (Wildman–Crippen MR) is 77.6 cm³/mol. The third-order valence-electron chi connectivity index (χ3n) is 3.87. The van der Waals surface area contributed by atoms with Gasteiger partial charge in [0.15, 0.2) is 0 Å². The van der Waals surface area contributed by atoms with E-state index in [1.165, 1.54) is 12.0 Å². The van der Waals surface area contributed by atoms with Crippen molar-refractivity contribution in [2.45, 2.75) is 6.42 Å². The van der Waals surface area contributed by atoms with Gasteiger partial charge in [0.25, 0.3) is 0 Å². The van der Waals surface area contributed by atoms with Gasteiger partial charge in [-0.05, 0) is 18.2 Å². The largest absolute Gasteiger partial charge is 0.469 e. The number of amides is 2. The first kappa shape index (κ1) is 14.4. The summed E-state index contributed by atoms with van der Waals surface area (Å²) in [7, 11) is 1.31. The molecule has 3 rings (SSSR count). The number of nitrogens with zero attached hydrogens (tertiary/aromatic N) is 2. The van der Waals surface area contributed by atoms with Gasteiger partial charge in [0.2, 0.25) is 5.91 Å². The van der Waals surface area contributed by atoms with E-state index in [-0.39, 0.29) is 18.3 Å². The maximum Gasteiger partial charge on any atom is 0.414 e. The third kappa shape index (κ3) is 2.49. The maximum absolute atomic E-state index is 12.1.